The van der Waals surface area contributed by atoms with Gasteiger partial charge in [-0.1, -0.05) is 77.3 Å². The van der Waals surface area contributed by atoms with Crippen molar-refractivity contribution in [2.75, 3.05) is 80.0 Å². The van der Waals surface area contributed by atoms with Gasteiger partial charge >= 0.3 is 12.1 Å². The van der Waals surface area contributed by atoms with Crippen LogP contribution in [0.4, 0.5) is 4.79 Å². The summed E-state index contributed by atoms with van der Waals surface area (Å²) in [6, 6.07) is 3.02. The lowest BCUT2D eigenvalue weighted by Gasteiger charge is -2.38. The van der Waals surface area contributed by atoms with Gasteiger partial charge in [0.1, 0.15) is 35.4 Å². The molecule has 28 heteroatoms. The third-order valence-corrected chi connectivity index (χ3v) is 18.3. The van der Waals surface area contributed by atoms with Crippen LogP contribution in [-0.2, 0) is 63.8 Å². The van der Waals surface area contributed by atoms with Crippen LogP contribution in [-0.4, -0.2) is 212 Å². The van der Waals surface area contributed by atoms with Crippen LogP contribution in [0.5, 0.6) is 0 Å². The number of benzene rings is 1. The Hall–Kier alpha value is -6.75. The number of methoxy groups -OCH3 is 1. The summed E-state index contributed by atoms with van der Waals surface area (Å²) in [5, 5.41) is 30.6. The second kappa shape index (κ2) is 39.6. The standard InChI is InChI=1S/C63H99N11O15S2/c1-12-40(5)54(71-58(81)47-19-14-16-28-72(47)8)61(83)73(9)48(38(2)3)34-49(59-70-46(37-91-59)57(80)68-44(32-41(6)62(84)85)33-43-23-21-39(4)22-24-43)89-63(86)66-27-26-65-56(79)45(18-13-15-25-64-52(76)36-88-31-30-87-10)69-55(78)42(7)67-51(75)20-17-29-74-53(77)35-50(90-11)60(74)82/h21-24,37-38,40-42,44-45,47-50,54H,12-20,25-36H2,1-11H3,(H,64,76)(H,65,79)(H,66,86)(H,67,75)(H,68,80)(H,69,78)(H,71,81)(H,84,85)/t40?,41?,42?,44-,45?,47?,48-,49-,50?,54+/m1/s1. The summed E-state index contributed by atoms with van der Waals surface area (Å²) >= 11 is 2.34. The highest BCUT2D eigenvalue weighted by molar-refractivity contribution is 8.00. The summed E-state index contributed by atoms with van der Waals surface area (Å²) in [5.41, 5.74) is 1.92. The number of thioether (sulfide) groups is 1. The number of thiazole rings is 1. The van der Waals surface area contributed by atoms with E-state index in [0.29, 0.717) is 38.7 Å². The zero-order chi connectivity index (χ0) is 67.3. The Balaban J connectivity index is 1.51. The van der Waals surface area contributed by atoms with E-state index in [2.05, 4.69) is 42.2 Å². The van der Waals surface area contributed by atoms with Crippen LogP contribution in [0.25, 0.3) is 0 Å². The van der Waals surface area contributed by atoms with Crippen molar-refractivity contribution in [1.29, 1.82) is 0 Å². The van der Waals surface area contributed by atoms with Crippen LogP contribution in [0.1, 0.15) is 151 Å². The predicted octanol–water partition coefficient (Wildman–Crippen LogP) is 3.88. The molecular weight excluding hydrogens is 1210 g/mol. The van der Waals surface area contributed by atoms with E-state index in [4.69, 9.17) is 14.2 Å². The molecule has 6 unspecified atom stereocenters. The van der Waals surface area contributed by atoms with E-state index in [1.165, 1.54) is 31.2 Å². The summed E-state index contributed by atoms with van der Waals surface area (Å²) in [4.78, 5) is 156. The third kappa shape index (κ3) is 25.7. The molecule has 2 aliphatic rings. The Morgan fingerprint density at radius 1 is 0.857 bits per heavy atom. The highest BCUT2D eigenvalue weighted by Gasteiger charge is 2.39. The number of hydrogen-bond acceptors (Lipinski definition) is 18. The number of likely N-dealkylation sites (N-methyl/N-ethyl adjacent to an activating group) is 2. The number of carbonyl (C=O) groups is 11. The fourth-order valence-electron chi connectivity index (χ4n) is 10.7. The van der Waals surface area contributed by atoms with Crippen molar-refractivity contribution in [2.24, 2.45) is 17.8 Å². The van der Waals surface area contributed by atoms with E-state index in [0.717, 1.165) is 46.7 Å². The number of aryl methyl sites for hydroxylation is 1. The van der Waals surface area contributed by atoms with Crippen LogP contribution in [0.15, 0.2) is 29.6 Å². The molecule has 2 saturated heterocycles. The Morgan fingerprint density at radius 2 is 1.57 bits per heavy atom. The quantitative estimate of drug-likeness (QED) is 0.0347. The maximum absolute atomic E-state index is 14.7. The minimum atomic E-state index is -1.16. The molecule has 91 heavy (non-hydrogen) atoms. The first-order valence-corrected chi connectivity index (χ1v) is 33.8. The molecule has 2 aliphatic heterocycles. The summed E-state index contributed by atoms with van der Waals surface area (Å²) in [6.07, 6.45) is 4.36. The molecule has 10 atom stereocenters. The molecule has 0 spiro atoms. The first kappa shape index (κ1) is 76.7. The number of amides is 10. The number of likely N-dealkylation sites (tertiary alicyclic amines) is 2. The molecule has 1 aromatic carbocycles. The lowest BCUT2D eigenvalue weighted by Crippen LogP contribution is -2.58. The van der Waals surface area contributed by atoms with Crippen LogP contribution < -0.4 is 37.2 Å². The first-order chi connectivity index (χ1) is 43.3. The van der Waals surface area contributed by atoms with Gasteiger partial charge < -0.3 is 61.4 Å². The summed E-state index contributed by atoms with van der Waals surface area (Å²) in [6.45, 7) is 13.8. The molecule has 8 N–H and O–H groups in total. The molecular formula is C63H99N11O15S2. The van der Waals surface area contributed by atoms with E-state index in [9.17, 15) is 57.8 Å². The van der Waals surface area contributed by atoms with Gasteiger partial charge in [-0.25, -0.2) is 9.78 Å². The number of hydrogen-bond donors (Lipinski definition) is 8. The smallest absolute Gasteiger partial charge is 0.407 e. The zero-order valence-corrected chi connectivity index (χ0v) is 56.5. The van der Waals surface area contributed by atoms with Crippen molar-refractivity contribution >= 4 is 88.3 Å². The van der Waals surface area contributed by atoms with E-state index >= 15 is 0 Å². The number of piperidine rings is 1. The second-order valence-electron chi connectivity index (χ2n) is 24.0. The SMILES string of the molecule is CCC(C)[C@H](NC(=O)C1CCCCN1C)C(=O)N(C)[C@H](C[C@@H](OC(=O)NCCNC(=O)C(CCCCNC(=O)COCCOC)NC(=O)C(C)NC(=O)CCCN1C(=O)CC(SC)C1=O)c1nc(C(=O)N[C@@H](Cc2ccc(C)cc2)CC(C)C(=O)O)cs1)C(C)C. The molecule has 3 heterocycles. The summed E-state index contributed by atoms with van der Waals surface area (Å²) in [5.74, 6) is -6.16. The van der Waals surface area contributed by atoms with Gasteiger partial charge in [-0.3, -0.25) is 57.7 Å². The molecule has 0 aliphatic carbocycles. The van der Waals surface area contributed by atoms with Gasteiger partial charge in [0.25, 0.3) is 5.91 Å². The van der Waals surface area contributed by atoms with Crippen LogP contribution in [0.3, 0.4) is 0 Å². The van der Waals surface area contributed by atoms with E-state index in [1.807, 2.05) is 70.8 Å². The van der Waals surface area contributed by atoms with Gasteiger partial charge in [-0.15, -0.1) is 11.3 Å². The van der Waals surface area contributed by atoms with E-state index in [1.54, 1.807) is 25.1 Å². The number of carboxylic acids is 1. The first-order valence-electron chi connectivity index (χ1n) is 31.6. The fraction of sp³-hybridized carbons (Fsp3) is 0.683. The van der Waals surface area contributed by atoms with Crippen LogP contribution in [0.2, 0.25) is 0 Å². The number of rotatable bonds is 40. The van der Waals surface area contributed by atoms with Crippen molar-refractivity contribution in [3.63, 3.8) is 0 Å². The van der Waals surface area contributed by atoms with Crippen molar-refractivity contribution < 1.29 is 72.1 Å². The fourth-order valence-corrected chi connectivity index (χ4v) is 12.1. The van der Waals surface area contributed by atoms with Crippen molar-refractivity contribution in [3.8, 4) is 0 Å². The van der Waals surface area contributed by atoms with Crippen molar-refractivity contribution in [3.05, 3.63) is 51.5 Å². The number of aromatic nitrogens is 1. The van der Waals surface area contributed by atoms with Crippen LogP contribution >= 0.6 is 23.1 Å². The molecule has 2 aromatic rings. The van der Waals surface area contributed by atoms with E-state index < -0.39 is 83.2 Å². The topological polar surface area (TPSA) is 343 Å². The Bertz CT molecular complexity index is 2740. The largest absolute Gasteiger partial charge is 0.481 e. The molecule has 26 nitrogen and oxygen atoms in total. The highest BCUT2D eigenvalue weighted by atomic mass is 32.2. The molecule has 2 fully saturated rings. The molecule has 1 aromatic heterocycles. The number of nitrogens with zero attached hydrogens (tertiary/aromatic N) is 4. The van der Waals surface area contributed by atoms with Gasteiger partial charge in [0.15, 0.2) is 6.10 Å². The Labute approximate surface area is 543 Å². The summed E-state index contributed by atoms with van der Waals surface area (Å²) < 4.78 is 16.3. The maximum Gasteiger partial charge on any atom is 0.407 e. The number of carbonyl (C=O) groups excluding carboxylic acids is 10. The average molecular weight is 1310 g/mol. The van der Waals surface area contributed by atoms with Crippen LogP contribution in [0, 0.1) is 24.7 Å². The lowest BCUT2D eigenvalue weighted by molar-refractivity contribution is -0.142. The van der Waals surface area contributed by atoms with Gasteiger partial charge in [-0.05, 0) is 102 Å². The molecule has 508 valence electrons. The van der Waals surface area contributed by atoms with Gasteiger partial charge in [0, 0.05) is 77.1 Å². The molecule has 0 saturated carbocycles. The average Bonchev–Trinajstić information content (AvgIpc) is 1.99. The number of unbranched alkanes of at least 4 members (excludes halogenated alkanes) is 1. The number of alkyl carbamates (subject to hydrolysis) is 1. The van der Waals surface area contributed by atoms with Crippen molar-refractivity contribution in [2.45, 2.75) is 180 Å². The van der Waals surface area contributed by atoms with Gasteiger partial charge in [0.2, 0.25) is 47.3 Å². The monoisotopic (exact) mass is 1310 g/mol. The third-order valence-electron chi connectivity index (χ3n) is 16.5. The number of aliphatic carboxylic acids is 1. The number of carboxylic acid groups (broad SMARTS) is 1. The number of imide groups is 1. The molecule has 0 bridgehead atoms. The summed E-state index contributed by atoms with van der Waals surface area (Å²) in [7, 11) is 5.06. The Kier molecular flexibility index (Phi) is 33.4. The lowest BCUT2D eigenvalue weighted by atomic mass is 9.92. The normalized spacial score (nSPS) is 17.7. The van der Waals surface area contributed by atoms with E-state index in [-0.39, 0.29) is 136 Å². The second-order valence-corrected chi connectivity index (χ2v) is 26.0. The molecule has 4 rings (SSSR count). The van der Waals surface area contributed by atoms with Gasteiger partial charge in [-0.2, -0.15) is 11.8 Å². The predicted molar refractivity (Wildman–Crippen MR) is 345 cm³/mol. The number of ether oxygens (including phenoxy) is 3. The minimum Gasteiger partial charge on any atom is -0.481 e. The maximum atomic E-state index is 14.7. The van der Waals surface area contributed by atoms with Crippen molar-refractivity contribution in [1.82, 2.24) is 56.9 Å². The molecule has 10 amide bonds. The Morgan fingerprint density at radius 3 is 2.22 bits per heavy atom. The highest BCUT2D eigenvalue weighted by Crippen LogP contribution is 2.32. The molecule has 0 radical (unpaired) electrons. The minimum absolute atomic E-state index is 0.00278. The number of nitrogens with one attached hydrogen (secondary N) is 7. The zero-order valence-electron chi connectivity index (χ0n) is 54.9. The van der Waals surface area contributed by atoms with Gasteiger partial charge in [0.05, 0.1) is 30.4 Å².